The number of rotatable bonds is 9. The lowest BCUT2D eigenvalue weighted by Crippen LogP contribution is -2.14. The first-order valence-corrected chi connectivity index (χ1v) is 8.96. The number of aliphatic hydroxyl groups is 1. The third-order valence-corrected chi connectivity index (χ3v) is 4.57. The van der Waals surface area contributed by atoms with Crippen LogP contribution in [-0.2, 0) is 11.3 Å². The second-order valence-electron chi connectivity index (χ2n) is 5.90. The lowest BCUT2D eigenvalue weighted by atomic mass is 10.2. The van der Waals surface area contributed by atoms with Crippen LogP contribution >= 0.6 is 11.3 Å². The molecule has 1 atom stereocenters. The number of unbranched alkanes of at least 4 members (excludes halogenated alkanes) is 1. The molecule has 2 rings (SSSR count). The zero-order valence-corrected chi connectivity index (χ0v) is 15.0. The number of nitrogens with zero attached hydrogens (tertiary/aromatic N) is 2. The van der Waals surface area contributed by atoms with Crippen molar-refractivity contribution in [3.8, 4) is 10.6 Å². The molecule has 1 aromatic carbocycles. The summed E-state index contributed by atoms with van der Waals surface area (Å²) in [5.41, 5.74) is 3.22. The van der Waals surface area contributed by atoms with Crippen molar-refractivity contribution >= 4 is 17.0 Å². The molecule has 0 radical (unpaired) electrons. The van der Waals surface area contributed by atoms with Gasteiger partial charge in [-0.25, -0.2) is 4.98 Å². The molecule has 0 saturated carbocycles. The molecule has 4 nitrogen and oxygen atoms in total. The molecule has 126 valence electrons. The van der Waals surface area contributed by atoms with E-state index in [1.54, 1.807) is 11.3 Å². The number of hydrogen-bond donors (Lipinski definition) is 1. The molecule has 2 aromatic rings. The number of benzene rings is 1. The summed E-state index contributed by atoms with van der Waals surface area (Å²) < 4.78 is 5.57. The van der Waals surface area contributed by atoms with E-state index < -0.39 is 0 Å². The summed E-state index contributed by atoms with van der Waals surface area (Å²) in [6, 6.07) is 8.37. The molecule has 0 bridgehead atoms. The minimum Gasteiger partial charge on any atom is -0.391 e. The fourth-order valence-corrected chi connectivity index (χ4v) is 3.04. The van der Waals surface area contributed by atoms with Crippen LogP contribution in [0, 0.1) is 0 Å². The van der Waals surface area contributed by atoms with Gasteiger partial charge in [-0.1, -0.05) is 19.8 Å². The van der Waals surface area contributed by atoms with Gasteiger partial charge < -0.3 is 14.7 Å². The monoisotopic (exact) mass is 334 g/mol. The summed E-state index contributed by atoms with van der Waals surface area (Å²) in [5.74, 6) is 0. The van der Waals surface area contributed by atoms with Crippen LogP contribution in [0.4, 0.5) is 5.69 Å². The van der Waals surface area contributed by atoms with E-state index in [1.807, 2.05) is 19.5 Å². The maximum Gasteiger partial charge on any atom is 0.123 e. The van der Waals surface area contributed by atoms with E-state index in [0.717, 1.165) is 35.5 Å². The van der Waals surface area contributed by atoms with Crippen molar-refractivity contribution in [1.29, 1.82) is 0 Å². The molecule has 0 aliphatic rings. The van der Waals surface area contributed by atoms with Crippen molar-refractivity contribution in [1.82, 2.24) is 4.98 Å². The predicted octanol–water partition coefficient (Wildman–Crippen LogP) is 3.94. The van der Waals surface area contributed by atoms with E-state index in [1.165, 1.54) is 5.69 Å². The predicted molar refractivity (Wildman–Crippen MR) is 97.1 cm³/mol. The molecule has 5 heteroatoms. The highest BCUT2D eigenvalue weighted by molar-refractivity contribution is 7.13. The average molecular weight is 334 g/mol. The Labute approximate surface area is 142 Å². The first kappa shape index (κ1) is 17.9. The van der Waals surface area contributed by atoms with Gasteiger partial charge in [0.15, 0.2) is 0 Å². The number of aliphatic hydroxyl groups excluding tert-OH is 1. The molecule has 23 heavy (non-hydrogen) atoms. The molecular weight excluding hydrogens is 308 g/mol. The summed E-state index contributed by atoms with van der Waals surface area (Å²) in [7, 11) is 4.06. The molecule has 0 aliphatic carbocycles. The number of aromatic nitrogens is 1. The molecule has 1 unspecified atom stereocenters. The summed E-state index contributed by atoms with van der Waals surface area (Å²) >= 11 is 1.62. The van der Waals surface area contributed by atoms with Gasteiger partial charge in [0, 0.05) is 30.7 Å². The topological polar surface area (TPSA) is 45.6 Å². The summed E-state index contributed by atoms with van der Waals surface area (Å²) in [4.78, 5) is 6.69. The van der Waals surface area contributed by atoms with E-state index in [9.17, 15) is 5.11 Å². The lowest BCUT2D eigenvalue weighted by Gasteiger charge is -2.12. The Morgan fingerprint density at radius 3 is 2.65 bits per heavy atom. The van der Waals surface area contributed by atoms with Crippen LogP contribution in [0.2, 0.25) is 0 Å². The van der Waals surface area contributed by atoms with Crippen molar-refractivity contribution in [2.24, 2.45) is 0 Å². The number of ether oxygens (including phenoxy) is 1. The molecule has 0 amide bonds. The quantitative estimate of drug-likeness (QED) is 0.754. The molecule has 0 aliphatic heterocycles. The molecule has 1 heterocycles. The maximum absolute atomic E-state index is 9.77. The Morgan fingerprint density at radius 1 is 1.26 bits per heavy atom. The third kappa shape index (κ3) is 5.61. The minimum atomic E-state index is -0.369. The van der Waals surface area contributed by atoms with E-state index in [2.05, 4.69) is 41.1 Å². The van der Waals surface area contributed by atoms with Gasteiger partial charge >= 0.3 is 0 Å². The maximum atomic E-state index is 9.77. The van der Waals surface area contributed by atoms with Gasteiger partial charge in [0.25, 0.3) is 0 Å². The van der Waals surface area contributed by atoms with Crippen LogP contribution in [0.25, 0.3) is 10.6 Å². The van der Waals surface area contributed by atoms with Crippen LogP contribution in [0.3, 0.4) is 0 Å². The van der Waals surface area contributed by atoms with Crippen molar-refractivity contribution in [2.75, 3.05) is 25.6 Å². The standard InChI is InChI=1S/C18H26N2O2S/c1-4-5-6-17(21)12-22-11-15-13-23-18(19-15)14-7-9-16(10-8-14)20(2)3/h7-10,13,17,21H,4-6,11-12H2,1-3H3. The van der Waals surface area contributed by atoms with Gasteiger partial charge in [0.05, 0.1) is 25.0 Å². The Hall–Kier alpha value is -1.43. The number of hydrogen-bond acceptors (Lipinski definition) is 5. The first-order valence-electron chi connectivity index (χ1n) is 8.08. The molecule has 0 fully saturated rings. The molecule has 1 N–H and O–H groups in total. The minimum absolute atomic E-state index is 0.369. The zero-order chi connectivity index (χ0) is 16.7. The summed E-state index contributed by atoms with van der Waals surface area (Å²) in [6.45, 7) is 2.95. The van der Waals surface area contributed by atoms with Gasteiger partial charge in [0.1, 0.15) is 5.01 Å². The van der Waals surface area contributed by atoms with Crippen molar-refractivity contribution < 1.29 is 9.84 Å². The fourth-order valence-electron chi connectivity index (χ4n) is 2.23. The Kier molecular flexibility index (Phi) is 7.02. The fraction of sp³-hybridized carbons (Fsp3) is 0.500. The van der Waals surface area contributed by atoms with Crippen molar-refractivity contribution in [2.45, 2.75) is 38.9 Å². The number of thiazole rings is 1. The van der Waals surface area contributed by atoms with Crippen LogP contribution in [0.15, 0.2) is 29.6 Å². The van der Waals surface area contributed by atoms with Crippen LogP contribution in [-0.4, -0.2) is 36.9 Å². The largest absolute Gasteiger partial charge is 0.391 e. The van der Waals surface area contributed by atoms with Crippen LogP contribution < -0.4 is 4.90 Å². The highest BCUT2D eigenvalue weighted by Crippen LogP contribution is 2.26. The van der Waals surface area contributed by atoms with Gasteiger partial charge in [-0.3, -0.25) is 0 Å². The normalized spacial score (nSPS) is 12.3. The Morgan fingerprint density at radius 2 is 2.00 bits per heavy atom. The van der Waals surface area contributed by atoms with Gasteiger partial charge in [-0.05, 0) is 30.7 Å². The van der Waals surface area contributed by atoms with E-state index in [-0.39, 0.29) is 6.10 Å². The second kappa shape index (κ2) is 9.01. The Balaban J connectivity index is 1.85. The van der Waals surface area contributed by atoms with Gasteiger partial charge in [-0.15, -0.1) is 11.3 Å². The zero-order valence-electron chi connectivity index (χ0n) is 14.2. The van der Waals surface area contributed by atoms with E-state index in [4.69, 9.17) is 4.74 Å². The molecule has 0 spiro atoms. The summed E-state index contributed by atoms with van der Waals surface area (Å²) in [5, 5.41) is 12.8. The lowest BCUT2D eigenvalue weighted by molar-refractivity contribution is 0.0226. The molecule has 1 aromatic heterocycles. The Bertz CT molecular complexity index is 581. The first-order chi connectivity index (χ1) is 11.1. The molecular formula is C18H26N2O2S. The summed E-state index contributed by atoms with van der Waals surface area (Å²) in [6.07, 6.45) is 2.57. The second-order valence-corrected chi connectivity index (χ2v) is 6.75. The van der Waals surface area contributed by atoms with E-state index >= 15 is 0 Å². The SMILES string of the molecule is CCCCC(O)COCc1csc(-c2ccc(N(C)C)cc2)n1. The highest BCUT2D eigenvalue weighted by atomic mass is 32.1. The van der Waals surface area contributed by atoms with Crippen molar-refractivity contribution in [3.63, 3.8) is 0 Å². The van der Waals surface area contributed by atoms with Crippen LogP contribution in [0.1, 0.15) is 31.9 Å². The highest BCUT2D eigenvalue weighted by Gasteiger charge is 2.07. The van der Waals surface area contributed by atoms with Crippen molar-refractivity contribution in [3.05, 3.63) is 35.3 Å². The number of anilines is 1. The van der Waals surface area contributed by atoms with Crippen LogP contribution in [0.5, 0.6) is 0 Å². The van der Waals surface area contributed by atoms with Gasteiger partial charge in [0.2, 0.25) is 0 Å². The smallest absolute Gasteiger partial charge is 0.123 e. The molecule has 0 saturated heterocycles. The average Bonchev–Trinajstić information content (AvgIpc) is 3.02. The third-order valence-electron chi connectivity index (χ3n) is 3.63. The van der Waals surface area contributed by atoms with E-state index in [0.29, 0.717) is 13.2 Å². The van der Waals surface area contributed by atoms with Gasteiger partial charge in [-0.2, -0.15) is 0 Å².